The SMILES string of the molecule is Cc1oc(S(=O)(=O)N(C)C)cc1C(=O)NC(C)(C)C(=O)O. The maximum absolute atomic E-state index is 12.1. The molecule has 0 aliphatic carbocycles. The fourth-order valence-electron chi connectivity index (χ4n) is 1.39. The fraction of sp³-hybridized carbons (Fsp3) is 0.500. The molecule has 0 spiro atoms. The van der Waals surface area contributed by atoms with Crippen LogP contribution in [0.1, 0.15) is 30.0 Å². The molecule has 1 heterocycles. The zero-order valence-electron chi connectivity index (χ0n) is 12.4. The van der Waals surface area contributed by atoms with Gasteiger partial charge in [0, 0.05) is 20.2 Å². The van der Waals surface area contributed by atoms with Gasteiger partial charge in [0.05, 0.1) is 5.56 Å². The van der Waals surface area contributed by atoms with Crippen LogP contribution < -0.4 is 5.32 Å². The molecule has 0 radical (unpaired) electrons. The van der Waals surface area contributed by atoms with E-state index in [-0.39, 0.29) is 16.4 Å². The maximum atomic E-state index is 12.1. The van der Waals surface area contributed by atoms with Crippen molar-refractivity contribution in [2.75, 3.05) is 14.1 Å². The summed E-state index contributed by atoms with van der Waals surface area (Å²) < 4.78 is 29.9. The van der Waals surface area contributed by atoms with Gasteiger partial charge in [0.1, 0.15) is 11.3 Å². The second-order valence-corrected chi connectivity index (χ2v) is 7.29. The lowest BCUT2D eigenvalue weighted by atomic mass is 10.1. The Kier molecular flexibility index (Phi) is 4.49. The van der Waals surface area contributed by atoms with E-state index in [4.69, 9.17) is 9.52 Å². The number of carboxylic acids is 1. The van der Waals surface area contributed by atoms with Crippen LogP contribution in [0.3, 0.4) is 0 Å². The minimum Gasteiger partial charge on any atom is -0.480 e. The number of hydrogen-bond donors (Lipinski definition) is 2. The summed E-state index contributed by atoms with van der Waals surface area (Å²) in [6.07, 6.45) is 0. The summed E-state index contributed by atoms with van der Waals surface area (Å²) in [4.78, 5) is 23.0. The molecule has 0 aliphatic rings. The summed E-state index contributed by atoms with van der Waals surface area (Å²) in [5.41, 5.74) is -1.51. The van der Waals surface area contributed by atoms with Crippen LogP contribution in [-0.2, 0) is 14.8 Å². The summed E-state index contributed by atoms with van der Waals surface area (Å²) in [6.45, 7) is 4.07. The predicted molar refractivity (Wildman–Crippen MR) is 73.5 cm³/mol. The quantitative estimate of drug-likeness (QED) is 0.813. The molecule has 21 heavy (non-hydrogen) atoms. The standard InChI is InChI=1S/C12H18N2O6S/c1-7-8(10(15)13-12(2,3)11(16)17)6-9(20-7)21(18,19)14(4)5/h6H,1-5H3,(H,13,15)(H,16,17). The molecule has 0 unspecified atom stereocenters. The van der Waals surface area contributed by atoms with Crippen molar-refractivity contribution in [2.45, 2.75) is 31.4 Å². The van der Waals surface area contributed by atoms with Crippen LogP contribution in [0, 0.1) is 6.92 Å². The van der Waals surface area contributed by atoms with Gasteiger partial charge in [0.25, 0.3) is 15.9 Å². The van der Waals surface area contributed by atoms with Crippen LogP contribution in [0.5, 0.6) is 0 Å². The Morgan fingerprint density at radius 1 is 1.33 bits per heavy atom. The van der Waals surface area contributed by atoms with Crippen molar-refractivity contribution < 1.29 is 27.5 Å². The number of nitrogens with one attached hydrogen (secondary N) is 1. The monoisotopic (exact) mass is 318 g/mol. The smallest absolute Gasteiger partial charge is 0.328 e. The highest BCUT2D eigenvalue weighted by molar-refractivity contribution is 7.88. The van der Waals surface area contributed by atoms with E-state index in [1.807, 2.05) is 0 Å². The zero-order valence-corrected chi connectivity index (χ0v) is 13.2. The molecule has 0 aromatic carbocycles. The molecule has 0 atom stereocenters. The molecule has 0 bridgehead atoms. The van der Waals surface area contributed by atoms with E-state index in [2.05, 4.69) is 5.32 Å². The van der Waals surface area contributed by atoms with Crippen LogP contribution >= 0.6 is 0 Å². The third kappa shape index (κ3) is 3.42. The number of hydrogen-bond acceptors (Lipinski definition) is 5. The molecule has 9 heteroatoms. The highest BCUT2D eigenvalue weighted by Crippen LogP contribution is 2.21. The minimum absolute atomic E-state index is 0.0234. The number of nitrogens with zero attached hydrogens (tertiary/aromatic N) is 1. The number of furan rings is 1. The summed E-state index contributed by atoms with van der Waals surface area (Å²) in [6, 6.07) is 1.08. The lowest BCUT2D eigenvalue weighted by Gasteiger charge is -2.20. The van der Waals surface area contributed by atoms with E-state index in [0.717, 1.165) is 10.4 Å². The second kappa shape index (κ2) is 5.49. The van der Waals surface area contributed by atoms with E-state index < -0.39 is 27.4 Å². The molecular formula is C12H18N2O6S. The highest BCUT2D eigenvalue weighted by atomic mass is 32.2. The Bertz CT molecular complexity index is 672. The number of aliphatic carboxylic acids is 1. The van der Waals surface area contributed by atoms with E-state index in [0.29, 0.717) is 0 Å². The van der Waals surface area contributed by atoms with Gasteiger partial charge in [-0.25, -0.2) is 17.5 Å². The number of carbonyl (C=O) groups is 2. The van der Waals surface area contributed by atoms with E-state index in [1.54, 1.807) is 0 Å². The summed E-state index contributed by atoms with van der Waals surface area (Å²) in [7, 11) is -1.13. The molecule has 118 valence electrons. The van der Waals surface area contributed by atoms with Crippen molar-refractivity contribution >= 4 is 21.9 Å². The first-order valence-electron chi connectivity index (χ1n) is 5.98. The Hall–Kier alpha value is -1.87. The Morgan fingerprint density at radius 3 is 2.29 bits per heavy atom. The minimum atomic E-state index is -3.80. The number of rotatable bonds is 5. The van der Waals surface area contributed by atoms with Gasteiger partial charge in [-0.15, -0.1) is 0 Å². The first-order chi connectivity index (χ1) is 9.39. The van der Waals surface area contributed by atoms with Gasteiger partial charge < -0.3 is 14.8 Å². The van der Waals surface area contributed by atoms with Gasteiger partial charge in [0.15, 0.2) is 0 Å². The topological polar surface area (TPSA) is 117 Å². The lowest BCUT2D eigenvalue weighted by Crippen LogP contribution is -2.49. The number of amides is 1. The molecule has 1 rings (SSSR count). The van der Waals surface area contributed by atoms with Crippen molar-refractivity contribution in [3.8, 4) is 0 Å². The second-order valence-electron chi connectivity index (χ2n) is 5.21. The lowest BCUT2D eigenvalue weighted by molar-refractivity contribution is -0.143. The van der Waals surface area contributed by atoms with Crippen molar-refractivity contribution in [2.24, 2.45) is 0 Å². The van der Waals surface area contributed by atoms with Crippen molar-refractivity contribution in [3.05, 3.63) is 17.4 Å². The van der Waals surface area contributed by atoms with E-state index in [1.165, 1.54) is 34.9 Å². The third-order valence-electron chi connectivity index (χ3n) is 2.84. The molecule has 0 saturated heterocycles. The summed E-state index contributed by atoms with van der Waals surface area (Å²) >= 11 is 0. The Labute approximate surface area is 122 Å². The number of sulfonamides is 1. The Morgan fingerprint density at radius 2 is 1.86 bits per heavy atom. The van der Waals surface area contributed by atoms with Gasteiger partial charge in [0.2, 0.25) is 5.09 Å². The molecule has 1 aromatic rings. The first-order valence-corrected chi connectivity index (χ1v) is 7.42. The van der Waals surface area contributed by atoms with Crippen LogP contribution in [0.15, 0.2) is 15.6 Å². The summed E-state index contributed by atoms with van der Waals surface area (Å²) in [5, 5.41) is 10.9. The van der Waals surface area contributed by atoms with Crippen LogP contribution in [0.25, 0.3) is 0 Å². The highest BCUT2D eigenvalue weighted by Gasteiger charge is 2.32. The van der Waals surface area contributed by atoms with Gasteiger partial charge in [-0.1, -0.05) is 0 Å². The number of aryl methyl sites for hydroxylation is 1. The average molecular weight is 318 g/mol. The molecular weight excluding hydrogens is 300 g/mol. The number of carbonyl (C=O) groups excluding carboxylic acids is 1. The normalized spacial score (nSPS) is 12.5. The first kappa shape index (κ1) is 17.2. The Balaban J connectivity index is 3.15. The van der Waals surface area contributed by atoms with Crippen molar-refractivity contribution in [3.63, 3.8) is 0 Å². The predicted octanol–water partition coefficient (Wildman–Crippen LogP) is 0.431. The molecule has 1 aromatic heterocycles. The zero-order chi connectivity index (χ0) is 16.6. The van der Waals surface area contributed by atoms with Crippen molar-refractivity contribution in [1.82, 2.24) is 9.62 Å². The number of carboxylic acid groups (broad SMARTS) is 1. The van der Waals surface area contributed by atoms with Crippen LogP contribution in [-0.4, -0.2) is 49.3 Å². The fourth-order valence-corrected chi connectivity index (χ4v) is 2.25. The molecule has 1 amide bonds. The van der Waals surface area contributed by atoms with Crippen LogP contribution in [0.2, 0.25) is 0 Å². The van der Waals surface area contributed by atoms with Crippen LogP contribution in [0.4, 0.5) is 0 Å². The maximum Gasteiger partial charge on any atom is 0.328 e. The van der Waals surface area contributed by atoms with Gasteiger partial charge in [-0.05, 0) is 20.8 Å². The van der Waals surface area contributed by atoms with E-state index >= 15 is 0 Å². The van der Waals surface area contributed by atoms with Crippen molar-refractivity contribution in [1.29, 1.82) is 0 Å². The molecule has 0 fully saturated rings. The molecule has 0 aliphatic heterocycles. The van der Waals surface area contributed by atoms with Gasteiger partial charge >= 0.3 is 5.97 Å². The average Bonchev–Trinajstić information content (AvgIpc) is 2.70. The largest absolute Gasteiger partial charge is 0.480 e. The van der Waals surface area contributed by atoms with Gasteiger partial charge in [-0.3, -0.25) is 4.79 Å². The molecule has 0 saturated carbocycles. The molecule has 8 nitrogen and oxygen atoms in total. The summed E-state index contributed by atoms with van der Waals surface area (Å²) in [5.74, 6) is -1.84. The van der Waals surface area contributed by atoms with Gasteiger partial charge in [-0.2, -0.15) is 0 Å². The van der Waals surface area contributed by atoms with E-state index in [9.17, 15) is 18.0 Å². The molecule has 2 N–H and O–H groups in total. The third-order valence-corrected chi connectivity index (χ3v) is 4.51.